The third kappa shape index (κ3) is 3.67. The Bertz CT molecular complexity index is 1260. The zero-order chi connectivity index (χ0) is 20.3. The molecule has 3 heterocycles. The third-order valence-electron chi connectivity index (χ3n) is 4.91. The van der Waals surface area contributed by atoms with E-state index in [0.717, 1.165) is 39.3 Å². The van der Waals surface area contributed by atoms with Crippen LogP contribution in [0.2, 0.25) is 0 Å². The van der Waals surface area contributed by atoms with Gasteiger partial charge in [-0.15, -0.1) is 10.2 Å². The maximum absolute atomic E-state index is 6.00. The van der Waals surface area contributed by atoms with E-state index in [1.165, 1.54) is 0 Å². The molecular formula is C22H19N5O3. The number of furan rings is 1. The average Bonchev–Trinajstić information content (AvgIpc) is 3.51. The van der Waals surface area contributed by atoms with Crippen LogP contribution < -0.4 is 4.74 Å². The lowest BCUT2D eigenvalue weighted by atomic mass is 10.1. The van der Waals surface area contributed by atoms with E-state index in [9.17, 15) is 0 Å². The zero-order valence-electron chi connectivity index (χ0n) is 16.3. The predicted octanol–water partition coefficient (Wildman–Crippen LogP) is 4.27. The fraction of sp³-hybridized carbons (Fsp3) is 0.182. The number of aromatic amines is 1. The van der Waals surface area contributed by atoms with E-state index < -0.39 is 0 Å². The fourth-order valence-electron chi connectivity index (χ4n) is 3.29. The number of nitrogens with zero attached hydrogens (tertiary/aromatic N) is 4. The quantitative estimate of drug-likeness (QED) is 0.434. The molecule has 5 aromatic rings. The van der Waals surface area contributed by atoms with E-state index in [0.29, 0.717) is 31.2 Å². The molecule has 0 saturated carbocycles. The van der Waals surface area contributed by atoms with Crippen molar-refractivity contribution in [2.45, 2.75) is 26.4 Å². The highest BCUT2D eigenvalue weighted by Crippen LogP contribution is 2.28. The highest BCUT2D eigenvalue weighted by Gasteiger charge is 2.13. The summed E-state index contributed by atoms with van der Waals surface area (Å²) in [7, 11) is 0. The van der Waals surface area contributed by atoms with Crippen LogP contribution in [-0.4, -0.2) is 25.6 Å². The number of nitrogens with one attached hydrogen (secondary N) is 1. The first kappa shape index (κ1) is 18.1. The van der Waals surface area contributed by atoms with Gasteiger partial charge in [0.05, 0.1) is 6.26 Å². The van der Waals surface area contributed by atoms with Crippen molar-refractivity contribution in [3.8, 4) is 17.2 Å². The molecule has 0 aliphatic rings. The molecule has 0 radical (unpaired) electrons. The van der Waals surface area contributed by atoms with Gasteiger partial charge in [-0.1, -0.05) is 23.4 Å². The Morgan fingerprint density at radius 3 is 2.80 bits per heavy atom. The Balaban J connectivity index is 1.31. The smallest absolute Gasteiger partial charge is 0.226 e. The van der Waals surface area contributed by atoms with Crippen LogP contribution in [0.25, 0.3) is 22.2 Å². The van der Waals surface area contributed by atoms with Crippen molar-refractivity contribution in [3.63, 3.8) is 0 Å². The maximum atomic E-state index is 6.00. The molecule has 0 saturated heterocycles. The van der Waals surface area contributed by atoms with Crippen molar-refractivity contribution >= 4 is 10.8 Å². The van der Waals surface area contributed by atoms with Crippen LogP contribution >= 0.6 is 0 Å². The second kappa shape index (κ2) is 7.82. The monoisotopic (exact) mass is 401 g/mol. The number of aryl methyl sites for hydroxylation is 3. The Morgan fingerprint density at radius 2 is 1.97 bits per heavy atom. The fourth-order valence-corrected chi connectivity index (χ4v) is 3.29. The number of fused-ring (bicyclic) bond motifs is 1. The van der Waals surface area contributed by atoms with Crippen molar-refractivity contribution < 1.29 is 13.6 Å². The number of benzene rings is 2. The van der Waals surface area contributed by atoms with Crippen LogP contribution in [0.15, 0.2) is 63.6 Å². The Kier molecular flexibility index (Phi) is 4.72. The minimum Gasteiger partial charge on any atom is -0.487 e. The molecule has 0 aliphatic heterocycles. The van der Waals surface area contributed by atoms with Gasteiger partial charge in [-0.2, -0.15) is 5.21 Å². The number of tetrazole rings is 1. The molecule has 0 atom stereocenters. The van der Waals surface area contributed by atoms with E-state index in [1.54, 1.807) is 6.26 Å². The average molecular weight is 401 g/mol. The largest absolute Gasteiger partial charge is 0.487 e. The summed E-state index contributed by atoms with van der Waals surface area (Å²) in [5, 5.41) is 16.0. The van der Waals surface area contributed by atoms with Crippen molar-refractivity contribution in [2.75, 3.05) is 0 Å². The van der Waals surface area contributed by atoms with Gasteiger partial charge in [-0.25, -0.2) is 4.98 Å². The molecule has 8 nitrogen and oxygen atoms in total. The molecule has 0 bridgehead atoms. The van der Waals surface area contributed by atoms with Gasteiger partial charge in [0.1, 0.15) is 29.6 Å². The molecule has 1 N–H and O–H groups in total. The van der Waals surface area contributed by atoms with Gasteiger partial charge in [0.25, 0.3) is 0 Å². The minimum absolute atomic E-state index is 0.323. The maximum Gasteiger partial charge on any atom is 0.226 e. The summed E-state index contributed by atoms with van der Waals surface area (Å²) in [6.07, 6.45) is 3.07. The summed E-state index contributed by atoms with van der Waals surface area (Å²) in [5.74, 6) is 3.61. The van der Waals surface area contributed by atoms with E-state index in [-0.39, 0.29) is 0 Å². The van der Waals surface area contributed by atoms with Gasteiger partial charge in [-0.05, 0) is 37.3 Å². The van der Waals surface area contributed by atoms with Crippen LogP contribution in [0, 0.1) is 6.92 Å². The lowest BCUT2D eigenvalue weighted by Gasteiger charge is -2.05. The van der Waals surface area contributed by atoms with Gasteiger partial charge in [0.2, 0.25) is 5.89 Å². The second-order valence-electron chi connectivity index (χ2n) is 6.91. The second-order valence-corrected chi connectivity index (χ2v) is 6.91. The van der Waals surface area contributed by atoms with Crippen LogP contribution in [0.1, 0.15) is 23.0 Å². The molecule has 3 aromatic heterocycles. The number of aromatic nitrogens is 5. The van der Waals surface area contributed by atoms with Gasteiger partial charge in [-0.3, -0.25) is 0 Å². The van der Waals surface area contributed by atoms with E-state index in [1.807, 2.05) is 55.5 Å². The topological polar surface area (TPSA) is 103 Å². The molecule has 0 spiro atoms. The third-order valence-corrected chi connectivity index (χ3v) is 4.91. The van der Waals surface area contributed by atoms with Crippen molar-refractivity contribution in [1.82, 2.24) is 25.6 Å². The number of hydrogen-bond acceptors (Lipinski definition) is 7. The van der Waals surface area contributed by atoms with Crippen molar-refractivity contribution in [1.29, 1.82) is 0 Å². The minimum atomic E-state index is 0.323. The summed E-state index contributed by atoms with van der Waals surface area (Å²) in [5.41, 5.74) is 1.72. The summed E-state index contributed by atoms with van der Waals surface area (Å²) in [6.45, 7) is 2.22. The van der Waals surface area contributed by atoms with E-state index >= 15 is 0 Å². The first-order valence-corrected chi connectivity index (χ1v) is 9.63. The molecule has 0 amide bonds. The first-order chi connectivity index (χ1) is 14.8. The van der Waals surface area contributed by atoms with Gasteiger partial charge in [0.15, 0.2) is 5.82 Å². The lowest BCUT2D eigenvalue weighted by molar-refractivity contribution is 0.300. The SMILES string of the molecule is Cc1oc(-c2ccccc2)nc1COc1ccc2coc(CCc3nn[nH]n3)c2c1. The van der Waals surface area contributed by atoms with Crippen molar-refractivity contribution in [2.24, 2.45) is 0 Å². The summed E-state index contributed by atoms with van der Waals surface area (Å²) in [6, 6.07) is 15.7. The molecule has 0 fully saturated rings. The Labute approximate surface area is 171 Å². The molecule has 150 valence electrons. The lowest BCUT2D eigenvalue weighted by Crippen LogP contribution is -1.98. The molecule has 30 heavy (non-hydrogen) atoms. The number of H-pyrrole nitrogens is 1. The van der Waals surface area contributed by atoms with Crippen LogP contribution in [-0.2, 0) is 19.4 Å². The van der Waals surface area contributed by atoms with Crippen LogP contribution in [0.4, 0.5) is 0 Å². The first-order valence-electron chi connectivity index (χ1n) is 9.63. The standard InChI is InChI=1S/C22H19N5O3/c1-14-19(23-22(30-14)15-5-3-2-4-6-15)13-28-17-8-7-16-12-29-20(18(16)11-17)9-10-21-24-26-27-25-21/h2-8,11-12H,9-10,13H2,1H3,(H,24,25,26,27). The summed E-state index contributed by atoms with van der Waals surface area (Å²) >= 11 is 0. The van der Waals surface area contributed by atoms with Crippen molar-refractivity contribution in [3.05, 3.63) is 77.8 Å². The van der Waals surface area contributed by atoms with Crippen LogP contribution in [0.3, 0.4) is 0 Å². The molecule has 0 unspecified atom stereocenters. The highest BCUT2D eigenvalue weighted by molar-refractivity contribution is 5.85. The number of ether oxygens (including phenoxy) is 1. The van der Waals surface area contributed by atoms with Gasteiger partial charge in [0, 0.05) is 29.2 Å². The Hall–Kier alpha value is -3.94. The summed E-state index contributed by atoms with van der Waals surface area (Å²) in [4.78, 5) is 4.59. The number of rotatable bonds is 7. The van der Waals surface area contributed by atoms with E-state index in [4.69, 9.17) is 13.6 Å². The van der Waals surface area contributed by atoms with Gasteiger partial charge >= 0.3 is 0 Å². The molecule has 8 heteroatoms. The predicted molar refractivity (Wildman–Crippen MR) is 109 cm³/mol. The number of oxazole rings is 1. The van der Waals surface area contributed by atoms with Crippen LogP contribution in [0.5, 0.6) is 5.75 Å². The summed E-state index contributed by atoms with van der Waals surface area (Å²) < 4.78 is 17.5. The normalized spacial score (nSPS) is 11.2. The molecule has 2 aromatic carbocycles. The molecule has 5 rings (SSSR count). The highest BCUT2D eigenvalue weighted by atomic mass is 16.5. The number of hydrogen-bond donors (Lipinski definition) is 1. The van der Waals surface area contributed by atoms with Gasteiger partial charge < -0.3 is 13.6 Å². The molecule has 0 aliphatic carbocycles. The molecular weight excluding hydrogens is 382 g/mol. The Morgan fingerprint density at radius 1 is 1.07 bits per heavy atom. The van der Waals surface area contributed by atoms with E-state index in [2.05, 4.69) is 25.6 Å². The zero-order valence-corrected chi connectivity index (χ0v) is 16.3.